The molecule has 2 atom stereocenters. The highest BCUT2D eigenvalue weighted by Crippen LogP contribution is 2.24. The minimum Gasteiger partial charge on any atom is -0.466 e. The number of aromatic nitrogens is 1. The van der Waals surface area contributed by atoms with Gasteiger partial charge in [0, 0.05) is 30.7 Å². The molecule has 0 aliphatic carbocycles. The number of rotatable bonds is 10. The zero-order valence-corrected chi connectivity index (χ0v) is 18.6. The number of fused-ring (bicyclic) bond motifs is 1. The number of likely N-dealkylation sites (tertiary alicyclic amines) is 1. The Labute approximate surface area is 184 Å². The number of hydrogen-bond acceptors (Lipinski definition) is 6. The molecule has 2 aliphatic rings. The van der Waals surface area contributed by atoms with E-state index in [1.54, 1.807) is 11.8 Å². The van der Waals surface area contributed by atoms with Crippen LogP contribution in [0.3, 0.4) is 0 Å². The number of hydrogen-bond donors (Lipinski definition) is 2. The van der Waals surface area contributed by atoms with Gasteiger partial charge >= 0.3 is 5.97 Å². The van der Waals surface area contributed by atoms with E-state index in [9.17, 15) is 14.4 Å². The van der Waals surface area contributed by atoms with E-state index >= 15 is 0 Å². The van der Waals surface area contributed by atoms with Crippen LogP contribution in [0.15, 0.2) is 12.1 Å². The Hall–Kier alpha value is -2.64. The third-order valence-corrected chi connectivity index (χ3v) is 6.02. The zero-order valence-electron chi connectivity index (χ0n) is 18.6. The van der Waals surface area contributed by atoms with Crippen molar-refractivity contribution in [2.24, 2.45) is 5.92 Å². The summed E-state index contributed by atoms with van der Waals surface area (Å²) >= 11 is 0. The Morgan fingerprint density at radius 3 is 2.97 bits per heavy atom. The Morgan fingerprint density at radius 2 is 2.19 bits per heavy atom. The zero-order chi connectivity index (χ0) is 22.2. The lowest BCUT2D eigenvalue weighted by Crippen LogP contribution is -2.43. The highest BCUT2D eigenvalue weighted by molar-refractivity contribution is 5.87. The lowest BCUT2D eigenvalue weighted by molar-refractivity contribution is -0.144. The van der Waals surface area contributed by atoms with E-state index in [4.69, 9.17) is 9.72 Å². The first-order valence-electron chi connectivity index (χ1n) is 11.5. The van der Waals surface area contributed by atoms with Crippen molar-refractivity contribution in [1.82, 2.24) is 15.2 Å². The number of pyridine rings is 1. The first-order chi connectivity index (χ1) is 15.0. The fraction of sp³-hybridized carbons (Fsp3) is 0.652. The summed E-state index contributed by atoms with van der Waals surface area (Å²) < 4.78 is 4.95. The smallest absolute Gasteiger partial charge is 0.307 e. The van der Waals surface area contributed by atoms with Crippen molar-refractivity contribution in [3.8, 4) is 0 Å². The van der Waals surface area contributed by atoms with E-state index in [1.807, 2.05) is 6.92 Å². The van der Waals surface area contributed by atoms with E-state index in [0.29, 0.717) is 19.6 Å². The molecule has 1 aromatic rings. The predicted octanol–water partition coefficient (Wildman–Crippen LogP) is 2.07. The van der Waals surface area contributed by atoms with Crippen LogP contribution in [0.25, 0.3) is 0 Å². The molecule has 1 unspecified atom stereocenters. The SMILES string of the molecule is CCOC(=O)C[C@H](CC)NC(=O)CN1CCC(CCc2ccc3c(n2)NCCC3)C1=O. The summed E-state index contributed by atoms with van der Waals surface area (Å²) in [5, 5.41) is 6.20. The van der Waals surface area contributed by atoms with Crippen molar-refractivity contribution in [1.29, 1.82) is 0 Å². The maximum atomic E-state index is 12.8. The molecule has 8 heteroatoms. The molecule has 2 amide bonds. The van der Waals surface area contributed by atoms with Gasteiger partial charge in [-0.2, -0.15) is 0 Å². The van der Waals surface area contributed by atoms with Gasteiger partial charge in [0.1, 0.15) is 5.82 Å². The van der Waals surface area contributed by atoms with Crippen molar-refractivity contribution in [2.75, 3.05) is 31.6 Å². The number of esters is 1. The van der Waals surface area contributed by atoms with Crippen molar-refractivity contribution in [2.45, 2.75) is 64.8 Å². The second-order valence-corrected chi connectivity index (χ2v) is 8.31. The van der Waals surface area contributed by atoms with Crippen LogP contribution >= 0.6 is 0 Å². The van der Waals surface area contributed by atoms with Crippen LogP contribution in [-0.2, 0) is 32.0 Å². The topological polar surface area (TPSA) is 101 Å². The average molecular weight is 431 g/mol. The van der Waals surface area contributed by atoms with Gasteiger partial charge in [-0.1, -0.05) is 13.0 Å². The second-order valence-electron chi connectivity index (χ2n) is 8.31. The molecule has 0 spiro atoms. The number of amides is 2. The van der Waals surface area contributed by atoms with E-state index in [1.165, 1.54) is 5.56 Å². The average Bonchev–Trinajstić information content (AvgIpc) is 3.10. The molecule has 0 bridgehead atoms. The van der Waals surface area contributed by atoms with Crippen LogP contribution in [0.1, 0.15) is 57.2 Å². The highest BCUT2D eigenvalue weighted by Gasteiger charge is 2.32. The number of anilines is 1. The third kappa shape index (κ3) is 6.42. The van der Waals surface area contributed by atoms with Gasteiger partial charge in [-0.25, -0.2) is 4.98 Å². The lowest BCUT2D eigenvalue weighted by atomic mass is 9.99. The fourth-order valence-electron chi connectivity index (χ4n) is 4.22. The van der Waals surface area contributed by atoms with Crippen molar-refractivity contribution in [3.63, 3.8) is 0 Å². The summed E-state index contributed by atoms with van der Waals surface area (Å²) in [6.07, 6.45) is 5.22. The minimum atomic E-state index is -0.321. The number of ether oxygens (including phenoxy) is 1. The minimum absolute atomic E-state index is 0.0321. The first kappa shape index (κ1) is 23.0. The summed E-state index contributed by atoms with van der Waals surface area (Å²) in [7, 11) is 0. The molecule has 1 fully saturated rings. The third-order valence-electron chi connectivity index (χ3n) is 6.02. The Morgan fingerprint density at radius 1 is 1.35 bits per heavy atom. The molecule has 3 heterocycles. The van der Waals surface area contributed by atoms with E-state index in [-0.39, 0.29) is 42.7 Å². The van der Waals surface area contributed by atoms with E-state index < -0.39 is 0 Å². The molecule has 0 radical (unpaired) electrons. The van der Waals surface area contributed by atoms with Crippen LogP contribution in [0.5, 0.6) is 0 Å². The number of nitrogens with one attached hydrogen (secondary N) is 2. The Kier molecular flexibility index (Phi) is 8.26. The molecular formula is C23H34N4O4. The van der Waals surface area contributed by atoms with E-state index in [0.717, 1.165) is 50.2 Å². The van der Waals surface area contributed by atoms with E-state index in [2.05, 4.69) is 22.8 Å². The van der Waals surface area contributed by atoms with Gasteiger partial charge in [0.25, 0.3) is 0 Å². The monoisotopic (exact) mass is 430 g/mol. The maximum absolute atomic E-state index is 12.8. The summed E-state index contributed by atoms with van der Waals surface area (Å²) in [5.41, 5.74) is 2.26. The number of carbonyl (C=O) groups excluding carboxylic acids is 3. The van der Waals surface area contributed by atoms with Crippen molar-refractivity contribution >= 4 is 23.6 Å². The van der Waals surface area contributed by atoms with Gasteiger partial charge in [0.05, 0.1) is 19.6 Å². The fourth-order valence-corrected chi connectivity index (χ4v) is 4.22. The van der Waals surface area contributed by atoms with Crippen LogP contribution in [-0.4, -0.2) is 60.0 Å². The maximum Gasteiger partial charge on any atom is 0.307 e. The van der Waals surface area contributed by atoms with Gasteiger partial charge in [-0.05, 0) is 57.1 Å². The molecule has 0 aromatic carbocycles. The molecule has 31 heavy (non-hydrogen) atoms. The van der Waals surface area contributed by atoms with Crippen LogP contribution in [0.4, 0.5) is 5.82 Å². The molecule has 1 aromatic heterocycles. The summed E-state index contributed by atoms with van der Waals surface area (Å²) in [6, 6.07) is 3.92. The second kappa shape index (κ2) is 11.1. The molecule has 3 rings (SSSR count). The largest absolute Gasteiger partial charge is 0.466 e. The molecule has 1 saturated heterocycles. The Balaban J connectivity index is 1.45. The summed E-state index contributed by atoms with van der Waals surface area (Å²) in [4.78, 5) is 43.1. The number of aryl methyl sites for hydroxylation is 2. The molecule has 0 saturated carbocycles. The van der Waals surface area contributed by atoms with Crippen LogP contribution < -0.4 is 10.6 Å². The normalized spacial score (nSPS) is 18.8. The molecule has 2 N–H and O–H groups in total. The number of nitrogens with zero attached hydrogens (tertiary/aromatic N) is 2. The summed E-state index contributed by atoms with van der Waals surface area (Å²) in [6.45, 7) is 5.57. The van der Waals surface area contributed by atoms with Gasteiger partial charge < -0.3 is 20.3 Å². The molecule has 170 valence electrons. The molecular weight excluding hydrogens is 396 g/mol. The predicted molar refractivity (Wildman–Crippen MR) is 118 cm³/mol. The highest BCUT2D eigenvalue weighted by atomic mass is 16.5. The van der Waals surface area contributed by atoms with Crippen molar-refractivity contribution < 1.29 is 19.1 Å². The van der Waals surface area contributed by atoms with Crippen LogP contribution in [0, 0.1) is 5.92 Å². The van der Waals surface area contributed by atoms with Gasteiger partial charge in [-0.15, -0.1) is 0 Å². The van der Waals surface area contributed by atoms with Gasteiger partial charge in [0.2, 0.25) is 11.8 Å². The van der Waals surface area contributed by atoms with Crippen LogP contribution in [0.2, 0.25) is 0 Å². The van der Waals surface area contributed by atoms with Gasteiger partial charge in [0.15, 0.2) is 0 Å². The standard InChI is InChI=1S/C23H34N4O4/c1-3-18(14-21(29)31-4-2)25-20(28)15-27-13-11-17(23(27)30)8-10-19-9-7-16-6-5-12-24-22(16)26-19/h7,9,17-18H,3-6,8,10-15H2,1-2H3,(H,24,26)(H,25,28)/t17?,18-/m0/s1. The molecule has 8 nitrogen and oxygen atoms in total. The Bertz CT molecular complexity index is 798. The first-order valence-corrected chi connectivity index (χ1v) is 11.5. The van der Waals surface area contributed by atoms with Crippen molar-refractivity contribution in [3.05, 3.63) is 23.4 Å². The molecule has 2 aliphatic heterocycles. The number of carbonyl (C=O) groups is 3. The quantitative estimate of drug-likeness (QED) is 0.551. The summed E-state index contributed by atoms with van der Waals surface area (Å²) in [5.74, 6) is 0.392. The van der Waals surface area contributed by atoms with Gasteiger partial charge in [-0.3, -0.25) is 14.4 Å². The lowest BCUT2D eigenvalue weighted by Gasteiger charge is -2.20.